The lowest BCUT2D eigenvalue weighted by atomic mass is 9.96. The van der Waals surface area contributed by atoms with E-state index in [0.29, 0.717) is 12.6 Å². The first kappa shape index (κ1) is 17.1. The van der Waals surface area contributed by atoms with Crippen molar-refractivity contribution in [1.29, 1.82) is 0 Å². The van der Waals surface area contributed by atoms with Crippen LogP contribution in [0.4, 0.5) is 5.69 Å². The van der Waals surface area contributed by atoms with Crippen LogP contribution in [-0.4, -0.2) is 41.9 Å². The molecule has 1 aliphatic carbocycles. The van der Waals surface area contributed by atoms with Crippen LogP contribution in [0.15, 0.2) is 18.2 Å². The standard InChI is InChI=1S/C18H23N3O2.ClH/c22-17(20-12-8-9-12)16-7-3-11-21(16)18(23)14-4-1-6-15-13(14)5-2-10-19-15;/h1,4,6,12,16,19H,2-3,5,7-11H2,(H,20,22);1H. The van der Waals surface area contributed by atoms with Gasteiger partial charge in [-0.15, -0.1) is 12.4 Å². The van der Waals surface area contributed by atoms with E-state index in [2.05, 4.69) is 10.6 Å². The lowest BCUT2D eigenvalue weighted by Crippen LogP contribution is -2.46. The number of hydrogen-bond acceptors (Lipinski definition) is 3. The van der Waals surface area contributed by atoms with E-state index in [-0.39, 0.29) is 30.3 Å². The molecule has 0 radical (unpaired) electrons. The molecule has 2 heterocycles. The van der Waals surface area contributed by atoms with E-state index in [1.165, 1.54) is 0 Å². The van der Waals surface area contributed by atoms with Gasteiger partial charge in [-0.2, -0.15) is 0 Å². The number of anilines is 1. The molecule has 130 valence electrons. The summed E-state index contributed by atoms with van der Waals surface area (Å²) < 4.78 is 0. The molecule has 0 spiro atoms. The van der Waals surface area contributed by atoms with Crippen LogP contribution in [0.25, 0.3) is 0 Å². The smallest absolute Gasteiger partial charge is 0.254 e. The minimum atomic E-state index is -0.296. The van der Waals surface area contributed by atoms with Crippen LogP contribution in [0.2, 0.25) is 0 Å². The van der Waals surface area contributed by atoms with Crippen molar-refractivity contribution in [2.75, 3.05) is 18.4 Å². The van der Waals surface area contributed by atoms with Crippen molar-refractivity contribution < 1.29 is 9.59 Å². The van der Waals surface area contributed by atoms with Gasteiger partial charge in [0.05, 0.1) is 0 Å². The van der Waals surface area contributed by atoms with Crippen molar-refractivity contribution in [2.45, 2.75) is 50.6 Å². The highest BCUT2D eigenvalue weighted by Gasteiger charge is 2.37. The first-order valence-corrected chi connectivity index (χ1v) is 8.71. The number of benzene rings is 1. The van der Waals surface area contributed by atoms with Crippen molar-refractivity contribution in [3.05, 3.63) is 29.3 Å². The zero-order valence-electron chi connectivity index (χ0n) is 13.7. The molecule has 0 bridgehead atoms. The van der Waals surface area contributed by atoms with Crippen LogP contribution in [-0.2, 0) is 11.2 Å². The monoisotopic (exact) mass is 349 g/mol. The molecule has 2 amide bonds. The number of rotatable bonds is 3. The second kappa shape index (κ2) is 7.01. The Morgan fingerprint density at radius 3 is 2.79 bits per heavy atom. The van der Waals surface area contributed by atoms with Gasteiger partial charge in [-0.25, -0.2) is 0 Å². The van der Waals surface area contributed by atoms with Crippen molar-refractivity contribution in [3.8, 4) is 0 Å². The zero-order valence-corrected chi connectivity index (χ0v) is 14.5. The molecule has 1 unspecified atom stereocenters. The summed E-state index contributed by atoms with van der Waals surface area (Å²) in [5.41, 5.74) is 2.94. The van der Waals surface area contributed by atoms with Crippen molar-refractivity contribution >= 4 is 29.9 Å². The Morgan fingerprint density at radius 2 is 2.00 bits per heavy atom. The minimum Gasteiger partial charge on any atom is -0.385 e. The number of amides is 2. The lowest BCUT2D eigenvalue weighted by Gasteiger charge is -2.27. The SMILES string of the molecule is Cl.O=C(NC1CC1)C1CCCN1C(=O)c1cccc2c1CCCN2. The maximum Gasteiger partial charge on any atom is 0.254 e. The van der Waals surface area contributed by atoms with E-state index in [0.717, 1.165) is 61.9 Å². The molecule has 2 N–H and O–H groups in total. The molecule has 3 aliphatic rings. The molecule has 2 fully saturated rings. The Hall–Kier alpha value is -1.75. The molecule has 6 heteroatoms. The number of fused-ring (bicyclic) bond motifs is 1. The number of nitrogens with one attached hydrogen (secondary N) is 2. The molecule has 0 aromatic heterocycles. The van der Waals surface area contributed by atoms with Crippen LogP contribution >= 0.6 is 12.4 Å². The summed E-state index contributed by atoms with van der Waals surface area (Å²) in [5.74, 6) is 0.0419. The van der Waals surface area contributed by atoms with Gasteiger partial charge in [0.1, 0.15) is 6.04 Å². The van der Waals surface area contributed by atoms with E-state index in [1.54, 1.807) is 4.90 Å². The topological polar surface area (TPSA) is 61.4 Å². The normalized spacial score (nSPS) is 22.2. The van der Waals surface area contributed by atoms with Crippen LogP contribution in [0.5, 0.6) is 0 Å². The maximum atomic E-state index is 13.1. The highest BCUT2D eigenvalue weighted by Crippen LogP contribution is 2.29. The van der Waals surface area contributed by atoms with Gasteiger partial charge >= 0.3 is 0 Å². The summed E-state index contributed by atoms with van der Waals surface area (Å²) >= 11 is 0. The highest BCUT2D eigenvalue weighted by atomic mass is 35.5. The van der Waals surface area contributed by atoms with Gasteiger partial charge in [-0.1, -0.05) is 6.07 Å². The summed E-state index contributed by atoms with van der Waals surface area (Å²) in [5, 5.41) is 6.42. The predicted molar refractivity (Wildman–Crippen MR) is 95.7 cm³/mol. The predicted octanol–water partition coefficient (Wildman–Crippen LogP) is 2.35. The molecular formula is C18H24ClN3O2. The molecule has 1 saturated heterocycles. The zero-order chi connectivity index (χ0) is 15.8. The molecule has 24 heavy (non-hydrogen) atoms. The summed E-state index contributed by atoms with van der Waals surface area (Å²) in [7, 11) is 0. The number of carbonyl (C=O) groups is 2. The minimum absolute atomic E-state index is 0. The Labute approximate surface area is 148 Å². The Morgan fingerprint density at radius 1 is 1.17 bits per heavy atom. The van der Waals surface area contributed by atoms with Crippen LogP contribution < -0.4 is 10.6 Å². The summed E-state index contributed by atoms with van der Waals surface area (Å²) in [6, 6.07) is 5.92. The third-order valence-electron chi connectivity index (χ3n) is 5.07. The molecule has 2 aliphatic heterocycles. The first-order chi connectivity index (χ1) is 11.2. The van der Waals surface area contributed by atoms with Crippen LogP contribution in [0.1, 0.15) is 48.0 Å². The average molecular weight is 350 g/mol. The van der Waals surface area contributed by atoms with Crippen molar-refractivity contribution in [2.24, 2.45) is 0 Å². The van der Waals surface area contributed by atoms with Crippen LogP contribution in [0, 0.1) is 0 Å². The maximum absolute atomic E-state index is 13.1. The lowest BCUT2D eigenvalue weighted by molar-refractivity contribution is -0.125. The average Bonchev–Trinajstić information content (AvgIpc) is 3.25. The van der Waals surface area contributed by atoms with Gasteiger partial charge in [-0.05, 0) is 56.2 Å². The second-order valence-corrected chi connectivity index (χ2v) is 6.80. The fourth-order valence-corrected chi connectivity index (χ4v) is 3.67. The Bertz CT molecular complexity index is 645. The number of nitrogens with zero attached hydrogens (tertiary/aromatic N) is 1. The number of carbonyl (C=O) groups excluding carboxylic acids is 2. The Balaban J connectivity index is 0.00000169. The van der Waals surface area contributed by atoms with Gasteiger partial charge in [0.15, 0.2) is 0 Å². The largest absolute Gasteiger partial charge is 0.385 e. The van der Waals surface area contributed by atoms with Crippen LogP contribution in [0.3, 0.4) is 0 Å². The van der Waals surface area contributed by atoms with E-state index >= 15 is 0 Å². The third-order valence-corrected chi connectivity index (χ3v) is 5.07. The van der Waals surface area contributed by atoms with E-state index in [4.69, 9.17) is 0 Å². The van der Waals surface area contributed by atoms with Crippen molar-refractivity contribution in [3.63, 3.8) is 0 Å². The van der Waals surface area contributed by atoms with Gasteiger partial charge < -0.3 is 15.5 Å². The fourth-order valence-electron chi connectivity index (χ4n) is 3.67. The number of likely N-dealkylation sites (tertiary alicyclic amines) is 1. The van der Waals surface area contributed by atoms with Gasteiger partial charge in [0.25, 0.3) is 5.91 Å². The molecular weight excluding hydrogens is 326 g/mol. The van der Waals surface area contributed by atoms with E-state index in [1.807, 2.05) is 18.2 Å². The molecule has 5 nitrogen and oxygen atoms in total. The van der Waals surface area contributed by atoms with E-state index in [9.17, 15) is 9.59 Å². The van der Waals surface area contributed by atoms with Gasteiger partial charge in [0.2, 0.25) is 5.91 Å². The first-order valence-electron chi connectivity index (χ1n) is 8.71. The highest BCUT2D eigenvalue weighted by molar-refractivity contribution is 6.00. The Kier molecular flexibility index (Phi) is 4.99. The number of halogens is 1. The third kappa shape index (κ3) is 3.22. The molecule has 1 atom stereocenters. The van der Waals surface area contributed by atoms with E-state index < -0.39 is 0 Å². The quantitative estimate of drug-likeness (QED) is 0.880. The summed E-state index contributed by atoms with van der Waals surface area (Å²) in [6.07, 6.45) is 5.80. The molecule has 1 aromatic carbocycles. The molecule has 4 rings (SSSR count). The fraction of sp³-hybridized carbons (Fsp3) is 0.556. The van der Waals surface area contributed by atoms with Crippen molar-refractivity contribution in [1.82, 2.24) is 10.2 Å². The summed E-state index contributed by atoms with van der Waals surface area (Å²) in [4.78, 5) is 27.2. The van der Waals surface area contributed by atoms with Gasteiger partial charge in [-0.3, -0.25) is 9.59 Å². The van der Waals surface area contributed by atoms with Gasteiger partial charge in [0, 0.05) is 30.4 Å². The summed E-state index contributed by atoms with van der Waals surface area (Å²) in [6.45, 7) is 1.64. The second-order valence-electron chi connectivity index (χ2n) is 6.80. The molecule has 1 aromatic rings. The number of hydrogen-bond donors (Lipinski definition) is 2. The molecule has 1 saturated carbocycles.